The van der Waals surface area contributed by atoms with Crippen molar-refractivity contribution in [2.45, 2.75) is 64.2 Å². The molecule has 0 aliphatic carbocycles. The fraction of sp³-hybridized carbons (Fsp3) is 0.667. The lowest BCUT2D eigenvalue weighted by atomic mass is 9.84. The number of aliphatic hydroxyl groups is 4. The minimum absolute atomic E-state index is 0.104. The van der Waals surface area contributed by atoms with E-state index in [2.05, 4.69) is 5.32 Å². The number of benzene rings is 1. The first-order chi connectivity index (χ1) is 14.5. The zero-order chi connectivity index (χ0) is 23.3. The maximum absolute atomic E-state index is 12.5. The van der Waals surface area contributed by atoms with E-state index < -0.39 is 36.7 Å². The normalized spacial score (nSPS) is 19.0. The summed E-state index contributed by atoms with van der Waals surface area (Å²) in [6.07, 6.45) is -2.02. The van der Waals surface area contributed by atoms with Crippen LogP contribution in [0.5, 0.6) is 5.75 Å². The van der Waals surface area contributed by atoms with Crippen molar-refractivity contribution >= 4 is 17.7 Å². The Bertz CT molecular complexity index is 748. The number of piperidine rings is 1. The van der Waals surface area contributed by atoms with E-state index in [-0.39, 0.29) is 23.3 Å². The number of hydrogen-bond donors (Lipinski definition) is 6. The molecule has 1 unspecified atom stereocenters. The number of carbonyl (C=O) groups is 1. The highest BCUT2D eigenvalue weighted by Crippen LogP contribution is 2.38. The van der Waals surface area contributed by atoms with Gasteiger partial charge in [0.15, 0.2) is 0 Å². The lowest BCUT2D eigenvalue weighted by molar-refractivity contribution is -0.109. The molecule has 1 heterocycles. The number of nitrogens with zero attached hydrogens (tertiary/aromatic N) is 1. The third kappa shape index (κ3) is 6.93. The van der Waals surface area contributed by atoms with Crippen LogP contribution in [-0.4, -0.2) is 74.2 Å². The number of halogens is 1. The van der Waals surface area contributed by atoms with Crippen molar-refractivity contribution < 1.29 is 35.1 Å². The van der Waals surface area contributed by atoms with Crippen LogP contribution in [0.15, 0.2) is 12.1 Å². The molecule has 1 aliphatic rings. The fourth-order valence-corrected chi connectivity index (χ4v) is 3.96. The van der Waals surface area contributed by atoms with E-state index in [0.717, 1.165) is 0 Å². The molecule has 176 valence electrons. The van der Waals surface area contributed by atoms with Gasteiger partial charge in [-0.1, -0.05) is 11.6 Å². The van der Waals surface area contributed by atoms with Crippen molar-refractivity contribution in [3.63, 3.8) is 0 Å². The first-order valence-corrected chi connectivity index (χ1v) is 10.7. The number of phenolic OH excluding ortho intramolecular Hbond substituents is 1. The highest BCUT2D eigenvalue weighted by atomic mass is 35.5. The van der Waals surface area contributed by atoms with Crippen molar-refractivity contribution in [1.29, 1.82) is 0 Å². The molecule has 0 aromatic heterocycles. The van der Waals surface area contributed by atoms with Crippen LogP contribution in [0.2, 0.25) is 5.02 Å². The highest BCUT2D eigenvalue weighted by Gasteiger charge is 2.35. The zero-order valence-electron chi connectivity index (χ0n) is 18.1. The lowest BCUT2D eigenvalue weighted by Gasteiger charge is -2.39. The zero-order valence-corrected chi connectivity index (χ0v) is 18.8. The molecule has 0 bridgehead atoms. The minimum Gasteiger partial charge on any atom is -0.508 e. The van der Waals surface area contributed by atoms with E-state index in [1.807, 2.05) is 0 Å². The summed E-state index contributed by atoms with van der Waals surface area (Å²) in [4.78, 5) is 14.2. The van der Waals surface area contributed by atoms with Crippen LogP contribution in [0, 0.1) is 5.92 Å². The molecule has 10 heteroatoms. The molecule has 1 saturated heterocycles. The number of rotatable bonds is 7. The highest BCUT2D eigenvalue weighted by molar-refractivity contribution is 6.31. The quantitative estimate of drug-likeness (QED) is 0.359. The van der Waals surface area contributed by atoms with Crippen LogP contribution in [0.25, 0.3) is 0 Å². The van der Waals surface area contributed by atoms with Gasteiger partial charge in [-0.25, -0.2) is 4.79 Å². The maximum Gasteiger partial charge on any atom is 0.408 e. The number of aliphatic hydroxyl groups excluding tert-OH is 4. The summed E-state index contributed by atoms with van der Waals surface area (Å²) in [5.41, 5.74) is 0.0699. The molecule has 1 amide bonds. The number of amides is 1. The molecule has 31 heavy (non-hydrogen) atoms. The Balaban J connectivity index is 2.25. The van der Waals surface area contributed by atoms with Crippen molar-refractivity contribution in [1.82, 2.24) is 10.2 Å². The standard InChI is InChI=1S/C21H33ClN2O7/c1-21(2,3)31-20(30)23-18(14-9-15(22)13(10-25)8-16(14)27)12-4-6-24(7-5-12)19(29)17(28)11-26/h8-9,12,17-19,25-29H,4-7,10-11H2,1-3H3,(H,23,30)/t17-,18-,19?/m1/s1. The smallest absolute Gasteiger partial charge is 0.408 e. The summed E-state index contributed by atoms with van der Waals surface area (Å²) in [7, 11) is 0. The van der Waals surface area contributed by atoms with E-state index in [0.29, 0.717) is 37.1 Å². The second-order valence-corrected chi connectivity index (χ2v) is 9.23. The lowest BCUT2D eigenvalue weighted by Crippen LogP contribution is -2.50. The SMILES string of the molecule is CC(C)(C)OC(=O)N[C@@H](c1cc(Cl)c(CO)cc1O)C1CCN(C(O)[C@H](O)CO)CC1. The average Bonchev–Trinajstić information content (AvgIpc) is 2.71. The van der Waals surface area contributed by atoms with Gasteiger partial charge in [0.1, 0.15) is 23.7 Å². The summed E-state index contributed by atoms with van der Waals surface area (Å²) in [6, 6.07) is 2.28. The Morgan fingerprint density at radius 3 is 2.39 bits per heavy atom. The number of aromatic hydroxyl groups is 1. The van der Waals surface area contributed by atoms with Crippen LogP contribution in [0.4, 0.5) is 4.79 Å². The molecule has 3 atom stereocenters. The van der Waals surface area contributed by atoms with Crippen LogP contribution in [-0.2, 0) is 11.3 Å². The van der Waals surface area contributed by atoms with Crippen LogP contribution >= 0.6 is 11.6 Å². The van der Waals surface area contributed by atoms with Gasteiger partial charge in [-0.3, -0.25) is 4.90 Å². The molecule has 1 fully saturated rings. The van der Waals surface area contributed by atoms with Gasteiger partial charge >= 0.3 is 6.09 Å². The van der Waals surface area contributed by atoms with Crippen molar-refractivity contribution in [2.24, 2.45) is 5.92 Å². The van der Waals surface area contributed by atoms with Crippen LogP contribution in [0.3, 0.4) is 0 Å². The Kier molecular flexibility index (Phi) is 8.93. The monoisotopic (exact) mass is 460 g/mol. The molecule has 0 spiro atoms. The summed E-state index contributed by atoms with van der Waals surface area (Å²) >= 11 is 6.24. The van der Waals surface area contributed by atoms with Gasteiger partial charge in [0.2, 0.25) is 0 Å². The molecule has 1 aromatic carbocycles. The molecular weight excluding hydrogens is 428 g/mol. The number of ether oxygens (including phenoxy) is 1. The van der Waals surface area contributed by atoms with Gasteiger partial charge in [-0.05, 0) is 57.2 Å². The van der Waals surface area contributed by atoms with E-state index in [1.54, 1.807) is 25.7 Å². The van der Waals surface area contributed by atoms with Crippen LogP contribution < -0.4 is 5.32 Å². The maximum atomic E-state index is 12.5. The summed E-state index contributed by atoms with van der Waals surface area (Å²) in [6.45, 7) is 5.19. The molecule has 6 N–H and O–H groups in total. The van der Waals surface area contributed by atoms with Gasteiger partial charge in [-0.15, -0.1) is 0 Å². The second kappa shape index (κ2) is 10.8. The Morgan fingerprint density at radius 2 is 1.87 bits per heavy atom. The first-order valence-electron chi connectivity index (χ1n) is 10.3. The summed E-state index contributed by atoms with van der Waals surface area (Å²) in [5, 5.41) is 51.9. The molecule has 1 aromatic rings. The minimum atomic E-state index is -1.26. The Labute approximate surface area is 187 Å². The average molecular weight is 461 g/mol. The third-order valence-electron chi connectivity index (χ3n) is 5.32. The van der Waals surface area contributed by atoms with Gasteiger partial charge in [0, 0.05) is 23.7 Å². The number of carbonyl (C=O) groups excluding carboxylic acids is 1. The Hall–Kier alpha value is -1.62. The van der Waals surface area contributed by atoms with E-state index in [4.69, 9.17) is 21.4 Å². The van der Waals surface area contributed by atoms with E-state index in [9.17, 15) is 25.2 Å². The number of hydrogen-bond acceptors (Lipinski definition) is 8. The summed E-state index contributed by atoms with van der Waals surface area (Å²) in [5.74, 6) is -0.225. The summed E-state index contributed by atoms with van der Waals surface area (Å²) < 4.78 is 5.38. The van der Waals surface area contributed by atoms with Crippen molar-refractivity contribution in [2.75, 3.05) is 19.7 Å². The molecule has 2 rings (SSSR count). The molecule has 0 saturated carbocycles. The largest absolute Gasteiger partial charge is 0.508 e. The number of phenols is 1. The fourth-order valence-electron chi connectivity index (χ4n) is 3.73. The molecule has 9 nitrogen and oxygen atoms in total. The van der Waals surface area contributed by atoms with E-state index >= 15 is 0 Å². The van der Waals surface area contributed by atoms with Gasteiger partial charge < -0.3 is 35.6 Å². The van der Waals surface area contributed by atoms with Crippen molar-refractivity contribution in [3.05, 3.63) is 28.3 Å². The van der Waals surface area contributed by atoms with Gasteiger partial charge in [0.25, 0.3) is 0 Å². The first kappa shape index (κ1) is 25.6. The van der Waals surface area contributed by atoms with E-state index in [1.165, 1.54) is 12.1 Å². The number of likely N-dealkylation sites (tertiary alicyclic amines) is 1. The number of alkyl carbamates (subject to hydrolysis) is 1. The topological polar surface area (TPSA) is 143 Å². The predicted octanol–water partition coefficient (Wildman–Crippen LogP) is 1.49. The second-order valence-electron chi connectivity index (χ2n) is 8.82. The number of nitrogens with one attached hydrogen (secondary N) is 1. The predicted molar refractivity (Wildman–Crippen MR) is 115 cm³/mol. The third-order valence-corrected chi connectivity index (χ3v) is 5.68. The van der Waals surface area contributed by atoms with Crippen molar-refractivity contribution in [3.8, 4) is 5.75 Å². The Morgan fingerprint density at radius 1 is 1.26 bits per heavy atom. The molecular formula is C21H33ClN2O7. The van der Waals surface area contributed by atoms with Crippen LogP contribution in [0.1, 0.15) is 50.8 Å². The molecule has 1 aliphatic heterocycles. The van der Waals surface area contributed by atoms with Gasteiger partial charge in [0.05, 0.1) is 19.3 Å². The molecule has 0 radical (unpaired) electrons. The van der Waals surface area contributed by atoms with Gasteiger partial charge in [-0.2, -0.15) is 0 Å².